The second kappa shape index (κ2) is 12.9. The van der Waals surface area contributed by atoms with Gasteiger partial charge in [-0.05, 0) is 59.2 Å². The molecule has 0 aliphatic rings. The molecular weight excluding hydrogens is 642 g/mol. The van der Waals surface area contributed by atoms with E-state index in [2.05, 4.69) is 47.0 Å². The summed E-state index contributed by atoms with van der Waals surface area (Å²) < 4.78 is 17.9. The predicted molar refractivity (Wildman–Crippen MR) is 206 cm³/mol. The highest BCUT2D eigenvalue weighted by Crippen LogP contribution is 2.39. The third-order valence-electron chi connectivity index (χ3n) is 9.39. The molecule has 0 atom stereocenters. The van der Waals surface area contributed by atoms with E-state index in [9.17, 15) is 5.26 Å². The van der Waals surface area contributed by atoms with Gasteiger partial charge in [-0.25, -0.2) is 19.3 Å². The maximum atomic E-state index is 15.6. The lowest BCUT2D eigenvalue weighted by molar-refractivity contribution is 0.631. The summed E-state index contributed by atoms with van der Waals surface area (Å²) in [6.07, 6.45) is 0. The maximum absolute atomic E-state index is 15.6. The molecule has 244 valence electrons. The molecule has 0 N–H and O–H groups in total. The number of nitrogens with zero attached hydrogens (tertiary/aromatic N) is 5. The van der Waals surface area contributed by atoms with Crippen LogP contribution in [0.3, 0.4) is 0 Å². The minimum atomic E-state index is -0.332. The standard InChI is InChI=1S/C46H28FN5/c47-41-17-9-7-15-37(41)36-26-24-35(28-40(36)46-50-44(32-11-3-1-4-12-32)49-45(51-46)33-13-5-2-6-14-33)52-42-18-10-8-16-38(42)39-25-23-34(27-43(39)52)31-21-19-30(29-48)20-22-31/h1-28H. The highest BCUT2D eigenvalue weighted by Gasteiger charge is 2.20. The van der Waals surface area contributed by atoms with Crippen LogP contribution in [0.1, 0.15) is 5.56 Å². The Hall–Kier alpha value is -7.23. The average Bonchev–Trinajstić information content (AvgIpc) is 3.55. The fraction of sp³-hybridized carbons (Fsp3) is 0. The molecule has 0 amide bonds. The van der Waals surface area contributed by atoms with E-state index in [1.54, 1.807) is 12.1 Å². The Kier molecular flexibility index (Phi) is 7.64. The number of hydrogen-bond donors (Lipinski definition) is 0. The van der Waals surface area contributed by atoms with Crippen LogP contribution in [0.15, 0.2) is 170 Å². The summed E-state index contributed by atoms with van der Waals surface area (Å²) in [5, 5.41) is 11.6. The predicted octanol–water partition coefficient (Wildman–Crippen LogP) is 11.3. The summed E-state index contributed by atoms with van der Waals surface area (Å²) in [5.41, 5.74) is 9.09. The van der Waals surface area contributed by atoms with Crippen molar-refractivity contribution in [3.63, 3.8) is 0 Å². The third-order valence-corrected chi connectivity index (χ3v) is 9.39. The van der Waals surface area contributed by atoms with Gasteiger partial charge in [-0.1, -0.05) is 127 Å². The number of benzene rings is 7. The summed E-state index contributed by atoms with van der Waals surface area (Å²) in [6.45, 7) is 0. The molecule has 0 saturated heterocycles. The van der Waals surface area contributed by atoms with Crippen LogP contribution in [0.5, 0.6) is 0 Å². The summed E-state index contributed by atoms with van der Waals surface area (Å²) in [5.74, 6) is 1.16. The van der Waals surface area contributed by atoms with Crippen LogP contribution < -0.4 is 0 Å². The molecule has 2 heterocycles. The van der Waals surface area contributed by atoms with Gasteiger partial charge in [0.1, 0.15) is 5.82 Å². The first-order chi connectivity index (χ1) is 25.6. The lowest BCUT2D eigenvalue weighted by Gasteiger charge is -2.16. The van der Waals surface area contributed by atoms with Crippen LogP contribution in [0.4, 0.5) is 4.39 Å². The van der Waals surface area contributed by atoms with Gasteiger partial charge >= 0.3 is 0 Å². The topological polar surface area (TPSA) is 67.4 Å². The Morgan fingerprint density at radius 2 is 1.04 bits per heavy atom. The Balaban J connectivity index is 1.32. The fourth-order valence-corrected chi connectivity index (χ4v) is 6.87. The van der Waals surface area contributed by atoms with Crippen molar-refractivity contribution >= 4 is 21.8 Å². The van der Waals surface area contributed by atoms with Gasteiger partial charge in [0.05, 0.1) is 22.7 Å². The van der Waals surface area contributed by atoms with Crippen molar-refractivity contribution in [3.05, 3.63) is 181 Å². The van der Waals surface area contributed by atoms with Gasteiger partial charge < -0.3 is 4.57 Å². The molecule has 9 aromatic rings. The molecule has 0 aliphatic heterocycles. The lowest BCUT2D eigenvalue weighted by atomic mass is 9.97. The zero-order valence-corrected chi connectivity index (χ0v) is 27.8. The summed E-state index contributed by atoms with van der Waals surface area (Å²) in [7, 11) is 0. The van der Waals surface area contributed by atoms with Gasteiger partial charge in [0.2, 0.25) is 0 Å². The molecule has 9 rings (SSSR count). The van der Waals surface area contributed by atoms with Crippen LogP contribution in [-0.2, 0) is 0 Å². The second-order valence-corrected chi connectivity index (χ2v) is 12.5. The quantitative estimate of drug-likeness (QED) is 0.177. The SMILES string of the molecule is N#Cc1ccc(-c2ccc3c4ccccc4n(-c4ccc(-c5ccccc5F)c(-c5nc(-c6ccccc6)nc(-c6ccccc6)n5)c4)c3c2)cc1. The summed E-state index contributed by atoms with van der Waals surface area (Å²) in [6, 6.07) is 57.1. The number of aromatic nitrogens is 4. The van der Waals surface area contributed by atoms with E-state index in [1.807, 2.05) is 115 Å². The number of rotatable bonds is 6. The number of para-hydroxylation sites is 1. The molecule has 0 fully saturated rings. The molecule has 6 heteroatoms. The van der Waals surface area contributed by atoms with E-state index >= 15 is 4.39 Å². The molecule has 2 aromatic heterocycles. The average molecular weight is 670 g/mol. The van der Waals surface area contributed by atoms with Crippen molar-refractivity contribution < 1.29 is 4.39 Å². The molecule has 0 saturated carbocycles. The number of halogens is 1. The Morgan fingerprint density at radius 3 is 1.73 bits per heavy atom. The first-order valence-electron chi connectivity index (χ1n) is 16.9. The van der Waals surface area contributed by atoms with E-state index in [-0.39, 0.29) is 5.82 Å². The highest BCUT2D eigenvalue weighted by atomic mass is 19.1. The maximum Gasteiger partial charge on any atom is 0.164 e. The van der Waals surface area contributed by atoms with Crippen LogP contribution in [0.2, 0.25) is 0 Å². The molecule has 0 unspecified atom stereocenters. The molecular formula is C46H28FN5. The first kappa shape index (κ1) is 30.8. The highest BCUT2D eigenvalue weighted by molar-refractivity contribution is 6.10. The van der Waals surface area contributed by atoms with Crippen LogP contribution in [-0.4, -0.2) is 19.5 Å². The third kappa shape index (κ3) is 5.47. The van der Waals surface area contributed by atoms with Crippen molar-refractivity contribution in [2.45, 2.75) is 0 Å². The van der Waals surface area contributed by atoms with Crippen molar-refractivity contribution in [1.82, 2.24) is 19.5 Å². The normalized spacial score (nSPS) is 11.2. The van der Waals surface area contributed by atoms with E-state index in [0.29, 0.717) is 39.7 Å². The van der Waals surface area contributed by atoms with E-state index < -0.39 is 0 Å². The van der Waals surface area contributed by atoms with E-state index in [4.69, 9.17) is 15.0 Å². The number of fused-ring (bicyclic) bond motifs is 3. The van der Waals surface area contributed by atoms with Crippen LogP contribution in [0, 0.1) is 17.1 Å². The van der Waals surface area contributed by atoms with Gasteiger partial charge in [-0.3, -0.25) is 0 Å². The Labute approximate surface area is 299 Å². The van der Waals surface area contributed by atoms with Crippen LogP contribution >= 0.6 is 0 Å². The van der Waals surface area contributed by atoms with Crippen molar-refractivity contribution in [1.29, 1.82) is 5.26 Å². The van der Waals surface area contributed by atoms with Gasteiger partial charge in [-0.15, -0.1) is 0 Å². The molecule has 0 bridgehead atoms. The zero-order valence-electron chi connectivity index (χ0n) is 27.8. The fourth-order valence-electron chi connectivity index (χ4n) is 6.87. The molecule has 52 heavy (non-hydrogen) atoms. The van der Waals surface area contributed by atoms with Crippen molar-refractivity contribution in [2.24, 2.45) is 0 Å². The molecule has 7 aromatic carbocycles. The van der Waals surface area contributed by atoms with Gasteiger partial charge in [0.15, 0.2) is 17.5 Å². The van der Waals surface area contributed by atoms with E-state index in [1.165, 1.54) is 6.07 Å². The molecule has 5 nitrogen and oxygen atoms in total. The first-order valence-corrected chi connectivity index (χ1v) is 16.9. The Morgan fingerprint density at radius 1 is 0.442 bits per heavy atom. The second-order valence-electron chi connectivity index (χ2n) is 12.5. The number of hydrogen-bond acceptors (Lipinski definition) is 4. The van der Waals surface area contributed by atoms with Crippen molar-refractivity contribution in [3.8, 4) is 68.2 Å². The smallest absolute Gasteiger partial charge is 0.164 e. The van der Waals surface area contributed by atoms with Gasteiger partial charge in [0.25, 0.3) is 0 Å². The molecule has 0 radical (unpaired) electrons. The largest absolute Gasteiger partial charge is 0.309 e. The Bertz CT molecular complexity index is 2740. The molecule has 0 spiro atoms. The molecule has 0 aliphatic carbocycles. The van der Waals surface area contributed by atoms with Gasteiger partial charge in [0, 0.05) is 38.7 Å². The summed E-state index contributed by atoms with van der Waals surface area (Å²) in [4.78, 5) is 15.0. The summed E-state index contributed by atoms with van der Waals surface area (Å²) >= 11 is 0. The van der Waals surface area contributed by atoms with Gasteiger partial charge in [-0.2, -0.15) is 5.26 Å². The number of nitriles is 1. The zero-order chi connectivity index (χ0) is 35.0. The lowest BCUT2D eigenvalue weighted by Crippen LogP contribution is -2.03. The minimum Gasteiger partial charge on any atom is -0.309 e. The van der Waals surface area contributed by atoms with Crippen LogP contribution in [0.25, 0.3) is 83.9 Å². The van der Waals surface area contributed by atoms with E-state index in [0.717, 1.165) is 49.7 Å². The van der Waals surface area contributed by atoms with Crippen molar-refractivity contribution in [2.75, 3.05) is 0 Å². The monoisotopic (exact) mass is 669 g/mol. The minimum absolute atomic E-state index is 0.332.